The molecular weight excluding hydrogens is 380 g/mol. The molecule has 28 heavy (non-hydrogen) atoms. The number of ether oxygens (including phenoxy) is 3. The molecule has 8 heteroatoms. The number of benzene rings is 2. The maximum Gasteiger partial charge on any atom is 0.344 e. The summed E-state index contributed by atoms with van der Waals surface area (Å²) in [5.74, 6) is 0.344. The van der Waals surface area contributed by atoms with Gasteiger partial charge in [-0.25, -0.2) is 4.79 Å². The van der Waals surface area contributed by atoms with E-state index in [4.69, 9.17) is 19.5 Å². The highest BCUT2D eigenvalue weighted by molar-refractivity contribution is 7.99. The molecule has 0 unspecified atom stereocenters. The first kappa shape index (κ1) is 21.1. The molecule has 0 fully saturated rings. The fraction of sp³-hybridized carbons (Fsp3) is 0.250. The number of para-hydroxylation sites is 1. The van der Waals surface area contributed by atoms with Crippen LogP contribution in [0.5, 0.6) is 11.5 Å². The number of nitrogens with one attached hydrogen (secondary N) is 1. The van der Waals surface area contributed by atoms with E-state index in [2.05, 4.69) is 5.32 Å². The molecule has 0 spiro atoms. The average Bonchev–Trinajstić information content (AvgIpc) is 2.71. The Morgan fingerprint density at radius 2 is 1.71 bits per heavy atom. The summed E-state index contributed by atoms with van der Waals surface area (Å²) in [6.45, 7) is 1.72. The topological polar surface area (TPSA) is 97.7 Å². The lowest BCUT2D eigenvalue weighted by Gasteiger charge is -2.10. The highest BCUT2D eigenvalue weighted by Gasteiger charge is 2.11. The molecule has 2 aromatic carbocycles. The molecule has 0 atom stereocenters. The Labute approximate surface area is 167 Å². The number of nitriles is 1. The number of carbonyl (C=O) groups is 2. The zero-order valence-electron chi connectivity index (χ0n) is 15.3. The van der Waals surface area contributed by atoms with E-state index in [1.54, 1.807) is 42.5 Å². The number of hydrogen-bond donors (Lipinski definition) is 1. The van der Waals surface area contributed by atoms with E-state index < -0.39 is 18.5 Å². The van der Waals surface area contributed by atoms with E-state index in [-0.39, 0.29) is 12.4 Å². The molecule has 146 valence electrons. The van der Waals surface area contributed by atoms with Crippen LogP contribution in [0.1, 0.15) is 6.92 Å². The van der Waals surface area contributed by atoms with Gasteiger partial charge in [0.2, 0.25) is 0 Å². The van der Waals surface area contributed by atoms with Crippen LogP contribution in [0.4, 0.5) is 5.69 Å². The summed E-state index contributed by atoms with van der Waals surface area (Å²) in [5, 5.41) is 11.3. The van der Waals surface area contributed by atoms with Gasteiger partial charge >= 0.3 is 5.97 Å². The van der Waals surface area contributed by atoms with Gasteiger partial charge in [-0.3, -0.25) is 4.79 Å². The second kappa shape index (κ2) is 11.5. The normalized spacial score (nSPS) is 9.86. The Morgan fingerprint density at radius 3 is 2.39 bits per heavy atom. The van der Waals surface area contributed by atoms with Crippen LogP contribution in [0.25, 0.3) is 0 Å². The second-order valence-corrected chi connectivity index (χ2v) is 6.36. The van der Waals surface area contributed by atoms with Crippen LogP contribution in [0.2, 0.25) is 0 Å². The molecule has 0 aliphatic rings. The fourth-order valence-corrected chi connectivity index (χ4v) is 2.79. The number of nitrogens with zero attached hydrogens (tertiary/aromatic N) is 1. The first-order valence-corrected chi connectivity index (χ1v) is 9.51. The fourth-order valence-electron chi connectivity index (χ4n) is 2.12. The Balaban J connectivity index is 1.75. The van der Waals surface area contributed by atoms with Crippen LogP contribution < -0.4 is 14.8 Å². The van der Waals surface area contributed by atoms with Crippen molar-refractivity contribution in [2.24, 2.45) is 0 Å². The van der Waals surface area contributed by atoms with Crippen LogP contribution in [0.3, 0.4) is 0 Å². The first-order chi connectivity index (χ1) is 13.6. The second-order valence-electron chi connectivity index (χ2n) is 5.34. The lowest BCUT2D eigenvalue weighted by atomic mass is 10.3. The van der Waals surface area contributed by atoms with Gasteiger partial charge in [-0.05, 0) is 43.3 Å². The molecule has 0 heterocycles. The van der Waals surface area contributed by atoms with Crippen molar-refractivity contribution in [3.05, 3.63) is 48.5 Å². The zero-order valence-corrected chi connectivity index (χ0v) is 16.2. The van der Waals surface area contributed by atoms with Gasteiger partial charge in [0, 0.05) is 4.90 Å². The summed E-state index contributed by atoms with van der Waals surface area (Å²) >= 11 is 1.31. The third-order valence-corrected chi connectivity index (χ3v) is 4.25. The van der Waals surface area contributed by atoms with Gasteiger partial charge in [0.25, 0.3) is 5.91 Å². The van der Waals surface area contributed by atoms with E-state index in [9.17, 15) is 9.59 Å². The van der Waals surface area contributed by atoms with E-state index in [1.807, 2.05) is 19.1 Å². The van der Waals surface area contributed by atoms with Crippen LogP contribution >= 0.6 is 11.8 Å². The molecule has 0 aromatic heterocycles. The molecule has 0 aliphatic heterocycles. The summed E-state index contributed by atoms with van der Waals surface area (Å²) in [6, 6.07) is 16.0. The van der Waals surface area contributed by atoms with Gasteiger partial charge in [-0.1, -0.05) is 12.1 Å². The molecule has 1 amide bonds. The zero-order chi connectivity index (χ0) is 20.2. The molecule has 0 saturated heterocycles. The summed E-state index contributed by atoms with van der Waals surface area (Å²) in [5.41, 5.74) is 0.564. The van der Waals surface area contributed by atoms with Gasteiger partial charge in [0.15, 0.2) is 13.2 Å². The summed E-state index contributed by atoms with van der Waals surface area (Å²) in [6.07, 6.45) is 0. The minimum atomic E-state index is -0.656. The van der Waals surface area contributed by atoms with Crippen molar-refractivity contribution in [3.63, 3.8) is 0 Å². The highest BCUT2D eigenvalue weighted by atomic mass is 32.2. The maximum absolute atomic E-state index is 12.0. The van der Waals surface area contributed by atoms with Gasteiger partial charge in [0.1, 0.15) is 11.5 Å². The SMILES string of the molecule is CCOc1ccc(OCC(=O)OCC(=O)Nc2ccccc2SCC#N)cc1. The van der Waals surface area contributed by atoms with Crippen LogP contribution in [-0.4, -0.2) is 37.4 Å². The monoisotopic (exact) mass is 400 g/mol. The Hall–Kier alpha value is -3.18. The largest absolute Gasteiger partial charge is 0.494 e. The minimum Gasteiger partial charge on any atom is -0.494 e. The molecule has 0 radical (unpaired) electrons. The Kier molecular flexibility index (Phi) is 8.69. The van der Waals surface area contributed by atoms with Crippen molar-refractivity contribution in [2.75, 3.05) is 30.9 Å². The molecule has 0 aliphatic carbocycles. The summed E-state index contributed by atoms with van der Waals surface area (Å²) in [4.78, 5) is 24.5. The number of anilines is 1. The van der Waals surface area contributed by atoms with Crippen molar-refractivity contribution in [1.82, 2.24) is 0 Å². The van der Waals surface area contributed by atoms with Crippen molar-refractivity contribution in [1.29, 1.82) is 5.26 Å². The van der Waals surface area contributed by atoms with E-state index in [0.29, 0.717) is 23.8 Å². The van der Waals surface area contributed by atoms with E-state index in [1.165, 1.54) is 11.8 Å². The first-order valence-electron chi connectivity index (χ1n) is 8.52. The van der Waals surface area contributed by atoms with Crippen LogP contribution in [0.15, 0.2) is 53.4 Å². The predicted molar refractivity (Wildman–Crippen MR) is 105 cm³/mol. The number of thioether (sulfide) groups is 1. The van der Waals surface area contributed by atoms with Gasteiger partial charge < -0.3 is 19.5 Å². The number of esters is 1. The van der Waals surface area contributed by atoms with Gasteiger partial charge in [-0.2, -0.15) is 5.26 Å². The molecular formula is C20H20N2O5S. The standard InChI is InChI=1S/C20H20N2O5S/c1-2-25-15-7-9-16(10-8-15)26-14-20(24)27-13-19(23)22-17-5-3-4-6-18(17)28-12-11-21/h3-10H,2,12-14H2,1H3,(H,22,23). The van der Waals surface area contributed by atoms with Crippen molar-refractivity contribution < 1.29 is 23.8 Å². The smallest absolute Gasteiger partial charge is 0.344 e. The number of hydrogen-bond acceptors (Lipinski definition) is 7. The predicted octanol–water partition coefficient (Wildman–Crippen LogP) is 3.26. The molecule has 0 saturated carbocycles. The van der Waals surface area contributed by atoms with Gasteiger partial charge in [-0.15, -0.1) is 11.8 Å². The van der Waals surface area contributed by atoms with Crippen molar-refractivity contribution in [2.45, 2.75) is 11.8 Å². The average molecular weight is 400 g/mol. The number of amides is 1. The minimum absolute atomic E-state index is 0.269. The third-order valence-electron chi connectivity index (χ3n) is 3.31. The van der Waals surface area contributed by atoms with Crippen LogP contribution in [-0.2, 0) is 14.3 Å². The van der Waals surface area contributed by atoms with E-state index in [0.717, 1.165) is 4.90 Å². The summed E-state index contributed by atoms with van der Waals surface area (Å²) < 4.78 is 15.6. The molecule has 7 nitrogen and oxygen atoms in total. The molecule has 0 bridgehead atoms. The van der Waals surface area contributed by atoms with Gasteiger partial charge in [0.05, 0.1) is 24.1 Å². The maximum atomic E-state index is 12.0. The lowest BCUT2D eigenvalue weighted by Crippen LogP contribution is -2.23. The molecule has 2 aromatic rings. The number of rotatable bonds is 10. The van der Waals surface area contributed by atoms with E-state index >= 15 is 0 Å². The van der Waals surface area contributed by atoms with Crippen molar-refractivity contribution >= 4 is 29.3 Å². The quantitative estimate of drug-likeness (QED) is 0.483. The molecule has 2 rings (SSSR count). The number of carbonyl (C=O) groups excluding carboxylic acids is 2. The Bertz CT molecular complexity index is 833. The summed E-state index contributed by atoms with van der Waals surface area (Å²) in [7, 11) is 0. The molecule has 1 N–H and O–H groups in total. The highest BCUT2D eigenvalue weighted by Crippen LogP contribution is 2.26. The van der Waals surface area contributed by atoms with Crippen molar-refractivity contribution in [3.8, 4) is 17.6 Å². The third kappa shape index (κ3) is 7.21. The Morgan fingerprint density at radius 1 is 1.04 bits per heavy atom. The lowest BCUT2D eigenvalue weighted by molar-refractivity contribution is -0.149. The van der Waals surface area contributed by atoms with Crippen LogP contribution in [0, 0.1) is 11.3 Å².